The first-order valence-corrected chi connectivity index (χ1v) is 24.5. The van der Waals surface area contributed by atoms with Crippen molar-refractivity contribution < 1.29 is 47.5 Å². The predicted octanol–water partition coefficient (Wildman–Crippen LogP) is 12.5. The maximum atomic E-state index is 12.6. The molecule has 0 saturated heterocycles. The minimum atomic E-state index is -4.74. The van der Waals surface area contributed by atoms with Gasteiger partial charge in [-0.3, -0.25) is 23.4 Å². The minimum absolute atomic E-state index is 0.0790. The molecule has 0 aromatic heterocycles. The van der Waals surface area contributed by atoms with E-state index in [1.54, 1.807) is 0 Å². The van der Waals surface area contributed by atoms with Crippen LogP contribution < -0.4 is 5.73 Å². The second kappa shape index (κ2) is 42.6. The Labute approximate surface area is 363 Å². The Hall–Kier alpha value is -3.08. The third-order valence-corrected chi connectivity index (χ3v) is 10.4. The third kappa shape index (κ3) is 41.6. The van der Waals surface area contributed by atoms with Crippen molar-refractivity contribution in [1.29, 1.82) is 0 Å². The van der Waals surface area contributed by atoms with Gasteiger partial charge in [0.25, 0.3) is 0 Å². The van der Waals surface area contributed by atoms with E-state index in [-0.39, 0.29) is 19.4 Å². The van der Waals surface area contributed by atoms with Crippen LogP contribution in [0.5, 0.6) is 0 Å². The number of ether oxygens (including phenoxy) is 2. The van der Waals surface area contributed by atoms with Crippen molar-refractivity contribution in [3.8, 4) is 0 Å². The van der Waals surface area contributed by atoms with E-state index in [4.69, 9.17) is 24.8 Å². The molecular formula is C48H82NO10P. The lowest BCUT2D eigenvalue weighted by Gasteiger charge is -2.20. The van der Waals surface area contributed by atoms with Crippen LogP contribution in [-0.4, -0.2) is 59.9 Å². The second-order valence-corrected chi connectivity index (χ2v) is 16.6. The molecule has 3 atom stereocenters. The van der Waals surface area contributed by atoms with Crippen LogP contribution in [0.4, 0.5) is 0 Å². The predicted molar refractivity (Wildman–Crippen MR) is 244 cm³/mol. The molecule has 0 aliphatic rings. The van der Waals surface area contributed by atoms with Crippen LogP contribution in [0, 0.1) is 0 Å². The summed E-state index contributed by atoms with van der Waals surface area (Å²) in [6.45, 7) is 2.70. The standard InChI is InChI=1S/C48H82NO10P/c1-3-5-7-9-11-13-15-17-19-20-21-22-23-24-26-28-30-32-34-36-38-40-47(51)59-44(42-57-60(54,55)58-43-45(49)48(52)53)41-56-46(50)39-37-35-33-31-29-27-25-18-16-14-12-10-8-6-4-2/h12,14,18-20,22-23,25-26,28,32,34,44-45H,3-11,13,15-17,21,24,27,29-31,33,35-43,49H2,1-2H3,(H,52,53)(H,54,55)/b14-12+,20-19+,23-22+,25-18+,28-26+,34-32+/t44-,45-/m0/s1. The topological polar surface area (TPSA) is 172 Å². The van der Waals surface area contributed by atoms with Crippen molar-refractivity contribution in [3.05, 3.63) is 72.9 Å². The summed E-state index contributed by atoms with van der Waals surface area (Å²) in [5.74, 6) is -2.48. The summed E-state index contributed by atoms with van der Waals surface area (Å²) < 4.78 is 32.6. The molecule has 0 bridgehead atoms. The number of aliphatic carboxylic acids is 1. The Balaban J connectivity index is 4.46. The molecule has 1 unspecified atom stereocenters. The number of hydrogen-bond acceptors (Lipinski definition) is 9. The molecule has 4 N–H and O–H groups in total. The van der Waals surface area contributed by atoms with Gasteiger partial charge in [-0.1, -0.05) is 157 Å². The molecule has 0 rings (SSSR count). The van der Waals surface area contributed by atoms with Crippen LogP contribution in [-0.2, 0) is 37.5 Å². The number of rotatable bonds is 42. The number of carboxylic acid groups (broad SMARTS) is 1. The maximum Gasteiger partial charge on any atom is 0.472 e. The summed E-state index contributed by atoms with van der Waals surface area (Å²) in [4.78, 5) is 46.0. The van der Waals surface area contributed by atoms with Gasteiger partial charge in [-0.05, 0) is 83.5 Å². The Morgan fingerprint density at radius 3 is 1.40 bits per heavy atom. The number of phosphoric acid groups is 1. The van der Waals surface area contributed by atoms with E-state index in [1.165, 1.54) is 70.6 Å². The number of carbonyl (C=O) groups is 3. The zero-order valence-electron chi connectivity index (χ0n) is 37.3. The molecule has 0 amide bonds. The van der Waals surface area contributed by atoms with Gasteiger partial charge < -0.3 is 25.2 Å². The van der Waals surface area contributed by atoms with Crippen molar-refractivity contribution >= 4 is 25.7 Å². The van der Waals surface area contributed by atoms with Crippen molar-refractivity contribution in [3.63, 3.8) is 0 Å². The summed E-state index contributed by atoms with van der Waals surface area (Å²) >= 11 is 0. The molecule has 0 fully saturated rings. The Kier molecular flexibility index (Phi) is 40.4. The van der Waals surface area contributed by atoms with Gasteiger partial charge in [0.2, 0.25) is 0 Å². The van der Waals surface area contributed by atoms with Gasteiger partial charge >= 0.3 is 25.7 Å². The SMILES string of the molecule is CCCCC/C=C/C/C=C/CCCCCCCC(=O)OC[C@@H](COP(=O)(O)OC[C@H](N)C(=O)O)OC(=O)CCC/C=C/C/C=C/C/C=C/C/C=C/CCCCCCCCC. The Bertz CT molecular complexity index is 1290. The van der Waals surface area contributed by atoms with E-state index < -0.39 is 51.1 Å². The lowest BCUT2D eigenvalue weighted by molar-refractivity contribution is -0.161. The lowest BCUT2D eigenvalue weighted by Crippen LogP contribution is -2.34. The van der Waals surface area contributed by atoms with Crippen molar-refractivity contribution in [2.45, 2.75) is 193 Å². The average molecular weight is 864 g/mol. The highest BCUT2D eigenvalue weighted by molar-refractivity contribution is 7.47. The molecular weight excluding hydrogens is 781 g/mol. The number of carboxylic acids is 1. The maximum absolute atomic E-state index is 12.6. The molecule has 0 aromatic rings. The van der Waals surface area contributed by atoms with E-state index in [9.17, 15) is 23.8 Å². The van der Waals surface area contributed by atoms with Crippen LogP contribution in [0.1, 0.15) is 181 Å². The van der Waals surface area contributed by atoms with Gasteiger partial charge in [0.05, 0.1) is 13.2 Å². The largest absolute Gasteiger partial charge is 0.480 e. The molecule has 0 radical (unpaired) electrons. The number of esters is 2. The third-order valence-electron chi connectivity index (χ3n) is 9.43. The zero-order valence-corrected chi connectivity index (χ0v) is 38.2. The fourth-order valence-electron chi connectivity index (χ4n) is 5.79. The van der Waals surface area contributed by atoms with E-state index in [2.05, 4.69) is 79.1 Å². The van der Waals surface area contributed by atoms with E-state index in [0.29, 0.717) is 19.3 Å². The number of nitrogens with two attached hydrogens (primary N) is 1. The minimum Gasteiger partial charge on any atom is -0.480 e. The van der Waals surface area contributed by atoms with Gasteiger partial charge in [-0.15, -0.1) is 0 Å². The molecule has 11 nitrogen and oxygen atoms in total. The molecule has 344 valence electrons. The first-order valence-electron chi connectivity index (χ1n) is 23.0. The van der Waals surface area contributed by atoms with Crippen LogP contribution in [0.2, 0.25) is 0 Å². The van der Waals surface area contributed by atoms with Crippen molar-refractivity contribution in [2.24, 2.45) is 5.73 Å². The van der Waals surface area contributed by atoms with Gasteiger partial charge in [-0.25, -0.2) is 4.57 Å². The van der Waals surface area contributed by atoms with Crippen molar-refractivity contribution in [1.82, 2.24) is 0 Å². The molecule has 12 heteroatoms. The molecule has 0 saturated carbocycles. The smallest absolute Gasteiger partial charge is 0.472 e. The number of unbranched alkanes of at least 4 members (excludes halogenated alkanes) is 16. The van der Waals surface area contributed by atoms with Crippen LogP contribution in [0.3, 0.4) is 0 Å². The molecule has 0 aliphatic carbocycles. The first-order chi connectivity index (χ1) is 29.1. The highest BCUT2D eigenvalue weighted by atomic mass is 31.2. The summed E-state index contributed by atoms with van der Waals surface area (Å²) in [5.41, 5.74) is 5.33. The van der Waals surface area contributed by atoms with E-state index in [1.807, 2.05) is 12.2 Å². The summed E-state index contributed by atoms with van der Waals surface area (Å²) in [7, 11) is -4.74. The number of hydrogen-bond donors (Lipinski definition) is 3. The van der Waals surface area contributed by atoms with E-state index >= 15 is 0 Å². The number of phosphoric ester groups is 1. The van der Waals surface area contributed by atoms with E-state index in [0.717, 1.165) is 64.2 Å². The first kappa shape index (κ1) is 56.9. The summed E-state index contributed by atoms with van der Waals surface area (Å²) in [6.07, 6.45) is 51.2. The average Bonchev–Trinajstić information content (AvgIpc) is 3.22. The molecule has 60 heavy (non-hydrogen) atoms. The highest BCUT2D eigenvalue weighted by Gasteiger charge is 2.28. The second-order valence-electron chi connectivity index (χ2n) is 15.2. The van der Waals surface area contributed by atoms with Crippen LogP contribution >= 0.6 is 7.82 Å². The van der Waals surface area contributed by atoms with Gasteiger partial charge in [-0.2, -0.15) is 0 Å². The fourth-order valence-corrected chi connectivity index (χ4v) is 6.57. The van der Waals surface area contributed by atoms with Crippen molar-refractivity contribution in [2.75, 3.05) is 19.8 Å². The summed E-state index contributed by atoms with van der Waals surface area (Å²) in [6, 6.07) is -1.54. The summed E-state index contributed by atoms with van der Waals surface area (Å²) in [5, 5.41) is 8.90. The molecule has 0 aromatic carbocycles. The van der Waals surface area contributed by atoms with Crippen LogP contribution in [0.25, 0.3) is 0 Å². The monoisotopic (exact) mass is 864 g/mol. The molecule has 0 spiro atoms. The quantitative estimate of drug-likeness (QED) is 0.0231. The van der Waals surface area contributed by atoms with Gasteiger partial charge in [0.1, 0.15) is 12.6 Å². The normalized spacial score (nSPS) is 14.3. The highest BCUT2D eigenvalue weighted by Crippen LogP contribution is 2.43. The fraction of sp³-hybridized carbons (Fsp3) is 0.688. The van der Waals surface area contributed by atoms with Gasteiger partial charge in [0.15, 0.2) is 6.10 Å². The van der Waals surface area contributed by atoms with Gasteiger partial charge in [0, 0.05) is 12.8 Å². The molecule has 0 aliphatic heterocycles. The van der Waals surface area contributed by atoms with Crippen LogP contribution in [0.15, 0.2) is 72.9 Å². The number of allylic oxidation sites excluding steroid dienone is 12. The zero-order chi connectivity index (χ0) is 44.2. The lowest BCUT2D eigenvalue weighted by atomic mass is 10.1. The molecule has 0 heterocycles. The Morgan fingerprint density at radius 1 is 0.517 bits per heavy atom. The number of carbonyl (C=O) groups excluding carboxylic acids is 2. The Morgan fingerprint density at radius 2 is 0.900 bits per heavy atom.